The van der Waals surface area contributed by atoms with Crippen molar-refractivity contribution >= 4 is 5.57 Å². The molecule has 0 spiro atoms. The highest BCUT2D eigenvalue weighted by molar-refractivity contribution is 5.82. The van der Waals surface area contributed by atoms with Gasteiger partial charge in [0.2, 0.25) is 0 Å². The van der Waals surface area contributed by atoms with Crippen LogP contribution >= 0.6 is 0 Å². The van der Waals surface area contributed by atoms with Gasteiger partial charge in [-0.2, -0.15) is 0 Å². The van der Waals surface area contributed by atoms with Gasteiger partial charge >= 0.3 is 0 Å². The normalized spacial score (nSPS) is 13.9. The Balaban J connectivity index is 2.22. The molecule has 0 atom stereocenters. The number of hydrogen-bond donors (Lipinski definition) is 0. The van der Waals surface area contributed by atoms with E-state index in [0.717, 1.165) is 12.8 Å². The van der Waals surface area contributed by atoms with Crippen molar-refractivity contribution in [2.24, 2.45) is 0 Å². The molecule has 1 aliphatic carbocycles. The summed E-state index contributed by atoms with van der Waals surface area (Å²) in [4.78, 5) is 0. The van der Waals surface area contributed by atoms with Gasteiger partial charge in [0.05, 0.1) is 0 Å². The number of benzene rings is 2. The SMILES string of the molecule is C=C1c2ccccc2CCc2ccccc21. The second-order valence-corrected chi connectivity index (χ2v) is 4.29. The quantitative estimate of drug-likeness (QED) is 0.614. The molecule has 0 heterocycles. The first-order valence-electron chi connectivity index (χ1n) is 5.72. The Labute approximate surface area is 96.3 Å². The second kappa shape index (κ2) is 3.64. The van der Waals surface area contributed by atoms with Gasteiger partial charge in [-0.1, -0.05) is 55.1 Å². The first-order valence-corrected chi connectivity index (χ1v) is 5.72. The molecule has 78 valence electrons. The van der Waals surface area contributed by atoms with Crippen molar-refractivity contribution in [3.8, 4) is 0 Å². The monoisotopic (exact) mass is 206 g/mol. The lowest BCUT2D eigenvalue weighted by atomic mass is 9.96. The summed E-state index contributed by atoms with van der Waals surface area (Å²) in [6, 6.07) is 17.2. The molecular formula is C16H14. The molecule has 0 saturated carbocycles. The maximum atomic E-state index is 4.26. The molecule has 0 radical (unpaired) electrons. The van der Waals surface area contributed by atoms with Crippen LogP contribution in [0, 0.1) is 0 Å². The lowest BCUT2D eigenvalue weighted by Gasteiger charge is -2.08. The van der Waals surface area contributed by atoms with Crippen LogP contribution in [0.1, 0.15) is 22.3 Å². The van der Waals surface area contributed by atoms with Gasteiger partial charge in [-0.05, 0) is 40.7 Å². The molecule has 0 N–H and O–H groups in total. The Kier molecular flexibility index (Phi) is 2.14. The Morgan fingerprint density at radius 2 is 1.12 bits per heavy atom. The van der Waals surface area contributed by atoms with E-state index in [-0.39, 0.29) is 0 Å². The molecule has 0 heteroatoms. The van der Waals surface area contributed by atoms with Crippen molar-refractivity contribution in [2.75, 3.05) is 0 Å². The zero-order valence-electron chi connectivity index (χ0n) is 9.24. The van der Waals surface area contributed by atoms with Crippen LogP contribution in [0.5, 0.6) is 0 Å². The molecule has 0 nitrogen and oxygen atoms in total. The number of rotatable bonds is 0. The fourth-order valence-corrected chi connectivity index (χ4v) is 2.48. The summed E-state index contributed by atoms with van der Waals surface area (Å²) in [5.41, 5.74) is 6.64. The van der Waals surface area contributed by atoms with E-state index < -0.39 is 0 Å². The van der Waals surface area contributed by atoms with Gasteiger partial charge in [0.15, 0.2) is 0 Å². The first-order chi connectivity index (χ1) is 7.86. The van der Waals surface area contributed by atoms with E-state index in [9.17, 15) is 0 Å². The molecule has 1 aliphatic rings. The van der Waals surface area contributed by atoms with Crippen LogP contribution in [0.4, 0.5) is 0 Å². The van der Waals surface area contributed by atoms with Crippen LogP contribution in [0.15, 0.2) is 55.1 Å². The summed E-state index contributed by atoms with van der Waals surface area (Å²) >= 11 is 0. The molecule has 2 aromatic rings. The predicted octanol–water partition coefficient (Wildman–Crippen LogP) is 3.85. The lowest BCUT2D eigenvalue weighted by Crippen LogP contribution is -1.90. The smallest absolute Gasteiger partial charge is 0.0152 e. The van der Waals surface area contributed by atoms with Crippen molar-refractivity contribution in [1.29, 1.82) is 0 Å². The van der Waals surface area contributed by atoms with Gasteiger partial charge in [-0.25, -0.2) is 0 Å². The van der Waals surface area contributed by atoms with E-state index in [0.29, 0.717) is 0 Å². The minimum absolute atomic E-state index is 1.12. The molecule has 2 aromatic carbocycles. The standard InChI is InChI=1S/C16H14/c1-12-15-8-4-2-6-13(15)10-11-14-7-3-5-9-16(12)14/h2-9H,1,10-11H2. The minimum atomic E-state index is 1.12. The molecule has 0 fully saturated rings. The highest BCUT2D eigenvalue weighted by Gasteiger charge is 2.14. The third kappa shape index (κ3) is 1.38. The molecule has 0 bridgehead atoms. The van der Waals surface area contributed by atoms with Crippen LogP contribution in [-0.2, 0) is 12.8 Å². The summed E-state index contributed by atoms with van der Waals surface area (Å²) in [6.07, 6.45) is 2.23. The minimum Gasteiger partial charge on any atom is -0.0905 e. The van der Waals surface area contributed by atoms with Gasteiger partial charge in [-0.15, -0.1) is 0 Å². The Hall–Kier alpha value is -1.82. The van der Waals surface area contributed by atoms with E-state index in [2.05, 4.69) is 55.1 Å². The summed E-state index contributed by atoms with van der Waals surface area (Å²) in [7, 11) is 0. The van der Waals surface area contributed by atoms with Gasteiger partial charge < -0.3 is 0 Å². The molecule has 0 amide bonds. The largest absolute Gasteiger partial charge is 0.0905 e. The second-order valence-electron chi connectivity index (χ2n) is 4.29. The number of hydrogen-bond acceptors (Lipinski definition) is 0. The third-order valence-corrected chi connectivity index (χ3v) is 3.35. The van der Waals surface area contributed by atoms with Crippen LogP contribution in [0.25, 0.3) is 5.57 Å². The summed E-state index contributed by atoms with van der Waals surface area (Å²) in [6.45, 7) is 4.26. The topological polar surface area (TPSA) is 0 Å². The first kappa shape index (κ1) is 9.41. The fraction of sp³-hybridized carbons (Fsp3) is 0.125. The molecule has 0 unspecified atom stereocenters. The molecule has 3 rings (SSSR count). The maximum absolute atomic E-state index is 4.26. The van der Waals surface area contributed by atoms with Crippen molar-refractivity contribution in [2.45, 2.75) is 12.8 Å². The van der Waals surface area contributed by atoms with Crippen molar-refractivity contribution in [3.05, 3.63) is 77.4 Å². The van der Waals surface area contributed by atoms with Crippen molar-refractivity contribution in [3.63, 3.8) is 0 Å². The number of fused-ring (bicyclic) bond motifs is 2. The van der Waals surface area contributed by atoms with E-state index in [1.807, 2.05) is 0 Å². The van der Waals surface area contributed by atoms with Gasteiger partial charge in [0.25, 0.3) is 0 Å². The number of aryl methyl sites for hydroxylation is 2. The van der Waals surface area contributed by atoms with Crippen molar-refractivity contribution < 1.29 is 0 Å². The predicted molar refractivity (Wildman–Crippen MR) is 68.4 cm³/mol. The van der Waals surface area contributed by atoms with E-state index in [4.69, 9.17) is 0 Å². The lowest BCUT2D eigenvalue weighted by molar-refractivity contribution is 0.965. The Bertz CT molecular complexity index is 500. The van der Waals surface area contributed by atoms with Crippen LogP contribution in [-0.4, -0.2) is 0 Å². The highest BCUT2D eigenvalue weighted by atomic mass is 14.2. The summed E-state index contributed by atoms with van der Waals surface area (Å²) in [5, 5.41) is 0. The van der Waals surface area contributed by atoms with E-state index >= 15 is 0 Å². The molecule has 0 aliphatic heterocycles. The Morgan fingerprint density at radius 3 is 1.62 bits per heavy atom. The molecule has 0 saturated heterocycles. The summed E-state index contributed by atoms with van der Waals surface area (Å²) < 4.78 is 0. The van der Waals surface area contributed by atoms with E-state index in [1.54, 1.807) is 0 Å². The van der Waals surface area contributed by atoms with Crippen LogP contribution in [0.3, 0.4) is 0 Å². The van der Waals surface area contributed by atoms with Gasteiger partial charge in [0, 0.05) is 0 Å². The maximum Gasteiger partial charge on any atom is -0.0152 e. The van der Waals surface area contributed by atoms with Gasteiger partial charge in [0.1, 0.15) is 0 Å². The fourth-order valence-electron chi connectivity index (χ4n) is 2.48. The van der Waals surface area contributed by atoms with Gasteiger partial charge in [-0.3, -0.25) is 0 Å². The highest BCUT2D eigenvalue weighted by Crippen LogP contribution is 2.31. The average molecular weight is 206 g/mol. The zero-order chi connectivity index (χ0) is 11.0. The van der Waals surface area contributed by atoms with Crippen molar-refractivity contribution in [1.82, 2.24) is 0 Å². The molecule has 0 aromatic heterocycles. The third-order valence-electron chi connectivity index (χ3n) is 3.35. The Morgan fingerprint density at radius 1 is 0.688 bits per heavy atom. The average Bonchev–Trinajstić information content (AvgIpc) is 2.49. The zero-order valence-corrected chi connectivity index (χ0v) is 9.24. The van der Waals surface area contributed by atoms with Crippen LogP contribution < -0.4 is 0 Å². The summed E-state index contributed by atoms with van der Waals surface area (Å²) in [5.74, 6) is 0. The van der Waals surface area contributed by atoms with E-state index in [1.165, 1.54) is 27.8 Å². The molecular weight excluding hydrogens is 192 g/mol. The van der Waals surface area contributed by atoms with Crippen LogP contribution in [0.2, 0.25) is 0 Å². The molecule has 16 heavy (non-hydrogen) atoms.